The van der Waals surface area contributed by atoms with E-state index in [1.54, 1.807) is 0 Å². The normalized spacial score (nSPS) is 15.8. The second-order valence-corrected chi connectivity index (χ2v) is 5.72. The van der Waals surface area contributed by atoms with Crippen LogP contribution in [-0.4, -0.2) is 29.1 Å². The summed E-state index contributed by atoms with van der Waals surface area (Å²) >= 11 is 0. The van der Waals surface area contributed by atoms with Crippen molar-refractivity contribution < 1.29 is 14.3 Å². The largest absolute Gasteiger partial charge is 0.494 e. The Morgan fingerprint density at radius 3 is 3.00 bits per heavy atom. The first kappa shape index (κ1) is 17.0. The third kappa shape index (κ3) is 3.65. The number of hydrogen-bond acceptors (Lipinski definition) is 5. The van der Waals surface area contributed by atoms with Crippen molar-refractivity contribution in [2.24, 2.45) is 0 Å². The van der Waals surface area contributed by atoms with Gasteiger partial charge in [0, 0.05) is 24.6 Å². The Balaban J connectivity index is 1.83. The van der Waals surface area contributed by atoms with Crippen LogP contribution in [0, 0.1) is 0 Å². The van der Waals surface area contributed by atoms with Gasteiger partial charge in [0.2, 0.25) is 0 Å². The zero-order chi connectivity index (χ0) is 17.8. The van der Waals surface area contributed by atoms with Crippen molar-refractivity contribution in [1.82, 2.24) is 15.3 Å². The molecular formula is C18H21N3O4. The molecule has 25 heavy (non-hydrogen) atoms. The predicted octanol–water partition coefficient (Wildman–Crippen LogP) is 1.98. The Morgan fingerprint density at radius 2 is 2.28 bits per heavy atom. The number of nitrogens with zero attached hydrogens (tertiary/aromatic N) is 1. The summed E-state index contributed by atoms with van der Waals surface area (Å²) in [4.78, 5) is 31.3. The van der Waals surface area contributed by atoms with Crippen molar-refractivity contribution >= 4 is 5.91 Å². The molecule has 0 spiro atoms. The van der Waals surface area contributed by atoms with Crippen LogP contribution < -0.4 is 20.3 Å². The number of rotatable bonds is 5. The number of hydrogen-bond donors (Lipinski definition) is 2. The van der Waals surface area contributed by atoms with Gasteiger partial charge in [0.15, 0.2) is 0 Å². The quantitative estimate of drug-likeness (QED) is 0.866. The van der Waals surface area contributed by atoms with Gasteiger partial charge in [0.1, 0.15) is 22.9 Å². The van der Waals surface area contributed by atoms with Crippen molar-refractivity contribution in [3.05, 3.63) is 51.7 Å². The summed E-state index contributed by atoms with van der Waals surface area (Å²) in [5, 5.41) is 2.90. The first-order chi connectivity index (χ1) is 12.1. The van der Waals surface area contributed by atoms with Crippen molar-refractivity contribution in [2.75, 3.05) is 13.2 Å². The van der Waals surface area contributed by atoms with Crippen LogP contribution in [0.15, 0.2) is 29.2 Å². The molecule has 2 aromatic rings. The molecule has 132 valence electrons. The highest BCUT2D eigenvalue weighted by Gasteiger charge is 2.25. The lowest BCUT2D eigenvalue weighted by Gasteiger charge is -2.27. The molecule has 0 saturated carbocycles. The van der Waals surface area contributed by atoms with Crippen LogP contribution in [0.5, 0.6) is 11.5 Å². The van der Waals surface area contributed by atoms with Gasteiger partial charge in [0.05, 0.1) is 19.3 Å². The van der Waals surface area contributed by atoms with Gasteiger partial charge >= 0.3 is 0 Å². The van der Waals surface area contributed by atoms with Gasteiger partial charge in [-0.1, -0.05) is 6.92 Å². The Kier molecular flexibility index (Phi) is 5.02. The molecule has 0 aliphatic carbocycles. The van der Waals surface area contributed by atoms with Gasteiger partial charge < -0.3 is 19.8 Å². The summed E-state index contributed by atoms with van der Waals surface area (Å²) in [5.74, 6) is 1.54. The van der Waals surface area contributed by atoms with Crippen LogP contribution in [0.4, 0.5) is 0 Å². The van der Waals surface area contributed by atoms with Crippen molar-refractivity contribution in [2.45, 2.75) is 32.7 Å². The van der Waals surface area contributed by atoms with E-state index in [-0.39, 0.29) is 11.6 Å². The second kappa shape index (κ2) is 7.38. The average Bonchev–Trinajstić information content (AvgIpc) is 2.62. The summed E-state index contributed by atoms with van der Waals surface area (Å²) in [7, 11) is 0. The van der Waals surface area contributed by atoms with Gasteiger partial charge in [-0.15, -0.1) is 0 Å². The summed E-state index contributed by atoms with van der Waals surface area (Å²) < 4.78 is 11.2. The molecule has 0 bridgehead atoms. The van der Waals surface area contributed by atoms with Gasteiger partial charge in [-0.05, 0) is 25.1 Å². The van der Waals surface area contributed by atoms with E-state index in [4.69, 9.17) is 9.47 Å². The zero-order valence-corrected chi connectivity index (χ0v) is 14.3. The molecule has 1 unspecified atom stereocenters. The lowest BCUT2D eigenvalue weighted by molar-refractivity contribution is 0.0922. The number of fused-ring (bicyclic) bond motifs is 1. The second-order valence-electron chi connectivity index (χ2n) is 5.72. The molecule has 0 saturated heterocycles. The van der Waals surface area contributed by atoms with Gasteiger partial charge in [-0.3, -0.25) is 9.59 Å². The van der Waals surface area contributed by atoms with E-state index in [1.165, 1.54) is 6.20 Å². The van der Waals surface area contributed by atoms with E-state index in [0.29, 0.717) is 37.6 Å². The molecular weight excluding hydrogens is 322 g/mol. The molecule has 1 aliphatic heterocycles. The van der Waals surface area contributed by atoms with Gasteiger partial charge in [-0.2, -0.15) is 0 Å². The van der Waals surface area contributed by atoms with Crippen LogP contribution in [0.1, 0.15) is 48.1 Å². The molecule has 1 aromatic heterocycles. The molecule has 0 fully saturated rings. The highest BCUT2D eigenvalue weighted by molar-refractivity contribution is 5.93. The van der Waals surface area contributed by atoms with E-state index in [0.717, 1.165) is 11.3 Å². The smallest absolute Gasteiger partial charge is 0.263 e. The minimum atomic E-state index is -0.448. The highest BCUT2D eigenvalue weighted by atomic mass is 16.5. The van der Waals surface area contributed by atoms with E-state index in [2.05, 4.69) is 15.3 Å². The maximum absolute atomic E-state index is 12.5. The lowest BCUT2D eigenvalue weighted by atomic mass is 10.00. The number of H-pyrrole nitrogens is 1. The third-order valence-electron chi connectivity index (χ3n) is 4.07. The van der Waals surface area contributed by atoms with Crippen LogP contribution in [0.3, 0.4) is 0 Å². The lowest BCUT2D eigenvalue weighted by Crippen LogP contribution is -2.35. The zero-order valence-electron chi connectivity index (χ0n) is 14.3. The maximum atomic E-state index is 12.5. The van der Waals surface area contributed by atoms with E-state index >= 15 is 0 Å². The molecule has 1 aromatic carbocycles. The summed E-state index contributed by atoms with van der Waals surface area (Å²) in [6.07, 6.45) is 2.54. The monoisotopic (exact) mass is 343 g/mol. The first-order valence-electron chi connectivity index (χ1n) is 8.41. The minimum absolute atomic E-state index is 0.00575. The SMILES string of the molecule is CCOc1ccc2c(c1)C(NC(=O)c1cnc(CC)[nH]c1=O)CCO2. The fraction of sp³-hybridized carbons (Fsp3) is 0.389. The number of benzene rings is 1. The van der Waals surface area contributed by atoms with Crippen LogP contribution in [0.2, 0.25) is 0 Å². The van der Waals surface area contributed by atoms with E-state index in [9.17, 15) is 9.59 Å². The number of carbonyl (C=O) groups excluding carboxylic acids is 1. The predicted molar refractivity (Wildman–Crippen MR) is 92.2 cm³/mol. The minimum Gasteiger partial charge on any atom is -0.494 e. The van der Waals surface area contributed by atoms with Gasteiger partial charge in [-0.25, -0.2) is 4.98 Å². The molecule has 2 N–H and O–H groups in total. The number of aryl methyl sites for hydroxylation is 1. The molecule has 1 atom stereocenters. The molecule has 7 heteroatoms. The van der Waals surface area contributed by atoms with Crippen LogP contribution >= 0.6 is 0 Å². The fourth-order valence-electron chi connectivity index (χ4n) is 2.79. The molecule has 1 amide bonds. The molecule has 2 heterocycles. The number of aromatic amines is 1. The van der Waals surface area contributed by atoms with Crippen molar-refractivity contribution in [1.29, 1.82) is 0 Å². The number of amides is 1. The number of aromatic nitrogens is 2. The fourth-order valence-corrected chi connectivity index (χ4v) is 2.79. The van der Waals surface area contributed by atoms with Crippen LogP contribution in [0.25, 0.3) is 0 Å². The molecule has 7 nitrogen and oxygen atoms in total. The number of nitrogens with one attached hydrogen (secondary N) is 2. The van der Waals surface area contributed by atoms with E-state index in [1.807, 2.05) is 32.0 Å². The molecule has 0 radical (unpaired) electrons. The first-order valence-corrected chi connectivity index (χ1v) is 8.41. The molecule has 3 rings (SSSR count). The average molecular weight is 343 g/mol. The standard InChI is InChI=1S/C18H21N3O4/c1-3-16-19-10-13(18(23)21-16)17(22)20-14-7-8-25-15-6-5-11(24-4-2)9-12(14)15/h5-6,9-10,14H,3-4,7-8H2,1-2H3,(H,20,22)(H,19,21,23). The number of carbonyl (C=O) groups is 1. The Labute approximate surface area is 145 Å². The van der Waals surface area contributed by atoms with Crippen molar-refractivity contribution in [3.8, 4) is 11.5 Å². The summed E-state index contributed by atoms with van der Waals surface area (Å²) in [6.45, 7) is 4.85. The van der Waals surface area contributed by atoms with Crippen LogP contribution in [-0.2, 0) is 6.42 Å². The Hall–Kier alpha value is -2.83. The van der Waals surface area contributed by atoms with Gasteiger partial charge in [0.25, 0.3) is 11.5 Å². The van der Waals surface area contributed by atoms with E-state index < -0.39 is 11.5 Å². The Morgan fingerprint density at radius 1 is 1.44 bits per heavy atom. The maximum Gasteiger partial charge on any atom is 0.263 e. The summed E-state index contributed by atoms with van der Waals surface area (Å²) in [5.41, 5.74) is 0.422. The number of ether oxygens (including phenoxy) is 2. The van der Waals surface area contributed by atoms with Crippen molar-refractivity contribution in [3.63, 3.8) is 0 Å². The highest BCUT2D eigenvalue weighted by Crippen LogP contribution is 2.34. The summed E-state index contributed by atoms with van der Waals surface area (Å²) in [6, 6.07) is 5.29. The Bertz CT molecular complexity index is 831. The topological polar surface area (TPSA) is 93.3 Å². The third-order valence-corrected chi connectivity index (χ3v) is 4.07. The molecule has 1 aliphatic rings.